The van der Waals surface area contributed by atoms with Gasteiger partial charge in [0.05, 0.1) is 4.99 Å². The van der Waals surface area contributed by atoms with Crippen LogP contribution in [-0.2, 0) is 0 Å². The smallest absolute Gasteiger partial charge is 0.301 e. The van der Waals surface area contributed by atoms with Crippen LogP contribution in [-0.4, -0.2) is 17.1 Å². The van der Waals surface area contributed by atoms with Crippen molar-refractivity contribution in [2.75, 3.05) is 4.90 Å². The summed E-state index contributed by atoms with van der Waals surface area (Å²) in [5, 5.41) is 3.47. The van der Waals surface area contributed by atoms with E-state index in [9.17, 15) is 4.79 Å². The highest BCUT2D eigenvalue weighted by Crippen LogP contribution is 2.36. The van der Waals surface area contributed by atoms with Gasteiger partial charge in [0.2, 0.25) is 0 Å². The summed E-state index contributed by atoms with van der Waals surface area (Å²) in [5.41, 5.74) is 0.885. The maximum atomic E-state index is 12.1. The Balaban J connectivity index is 1.96. The van der Waals surface area contributed by atoms with Gasteiger partial charge in [-0.05, 0) is 37.1 Å². The summed E-state index contributed by atoms with van der Waals surface area (Å²) < 4.78 is 0. The van der Waals surface area contributed by atoms with Crippen molar-refractivity contribution < 1.29 is 4.79 Å². The van der Waals surface area contributed by atoms with Crippen molar-refractivity contribution in [2.24, 2.45) is 5.92 Å². The molecule has 2 atom stereocenters. The lowest BCUT2D eigenvalue weighted by Crippen LogP contribution is -2.58. The van der Waals surface area contributed by atoms with Gasteiger partial charge in [-0.25, -0.2) is 4.79 Å². The number of nitrogens with one attached hydrogen (secondary N) is 1. The van der Waals surface area contributed by atoms with Crippen LogP contribution in [0.1, 0.15) is 19.3 Å². The molecule has 1 aromatic carbocycles. The van der Waals surface area contributed by atoms with Gasteiger partial charge in [0.25, 0.3) is 0 Å². The Labute approximate surface area is 116 Å². The molecule has 3 nitrogen and oxygen atoms in total. The standard InChI is InChI=1S/C13H13ClN2OS/c14-8-4-6-9(7-5-8)16-11-3-1-2-10(11)12(18)15-13(16)17/h4-7,10-11H,1-3H2,(H,15,17,18). The third kappa shape index (κ3) is 1.89. The highest BCUT2D eigenvalue weighted by atomic mass is 35.5. The van der Waals surface area contributed by atoms with Crippen LogP contribution < -0.4 is 10.2 Å². The predicted molar refractivity (Wildman–Crippen MR) is 76.2 cm³/mol. The molecule has 18 heavy (non-hydrogen) atoms. The fraction of sp³-hybridized carbons (Fsp3) is 0.385. The molecule has 2 unspecified atom stereocenters. The number of anilines is 1. The molecule has 2 aliphatic rings. The van der Waals surface area contributed by atoms with Gasteiger partial charge in [-0.1, -0.05) is 30.2 Å². The van der Waals surface area contributed by atoms with Crippen molar-refractivity contribution in [3.05, 3.63) is 29.3 Å². The molecule has 0 radical (unpaired) electrons. The monoisotopic (exact) mass is 280 g/mol. The fourth-order valence-electron chi connectivity index (χ4n) is 2.87. The fourth-order valence-corrected chi connectivity index (χ4v) is 3.36. The van der Waals surface area contributed by atoms with Crippen LogP contribution >= 0.6 is 23.8 Å². The number of fused-ring (bicyclic) bond motifs is 1. The van der Waals surface area contributed by atoms with E-state index >= 15 is 0 Å². The molecule has 1 saturated heterocycles. The second-order valence-corrected chi connectivity index (χ2v) is 5.62. The first-order valence-corrected chi connectivity index (χ1v) is 6.85. The molecule has 1 heterocycles. The number of rotatable bonds is 1. The summed E-state index contributed by atoms with van der Waals surface area (Å²) in [6, 6.07) is 7.46. The zero-order valence-corrected chi connectivity index (χ0v) is 11.3. The van der Waals surface area contributed by atoms with Crippen LogP contribution in [0.3, 0.4) is 0 Å². The molecule has 1 aliphatic carbocycles. The van der Waals surface area contributed by atoms with Crippen molar-refractivity contribution in [1.29, 1.82) is 0 Å². The summed E-state index contributed by atoms with van der Waals surface area (Å²) in [7, 11) is 0. The number of nitrogens with zero attached hydrogens (tertiary/aromatic N) is 1. The average molecular weight is 281 g/mol. The van der Waals surface area contributed by atoms with Crippen molar-refractivity contribution in [3.8, 4) is 0 Å². The number of halogens is 1. The number of hydrogen-bond acceptors (Lipinski definition) is 2. The minimum Gasteiger partial charge on any atom is -0.301 e. The summed E-state index contributed by atoms with van der Waals surface area (Å²) in [6.45, 7) is 0. The molecular weight excluding hydrogens is 268 g/mol. The van der Waals surface area contributed by atoms with E-state index in [0.29, 0.717) is 15.9 Å². The first-order chi connectivity index (χ1) is 8.66. The Morgan fingerprint density at radius 2 is 2.00 bits per heavy atom. The molecule has 0 bridgehead atoms. The lowest BCUT2D eigenvalue weighted by molar-refractivity contribution is 0.244. The first-order valence-electron chi connectivity index (χ1n) is 6.06. The molecule has 2 fully saturated rings. The number of thiocarbonyl (C=S) groups is 1. The summed E-state index contributed by atoms with van der Waals surface area (Å²) in [5.74, 6) is 0.299. The van der Waals surface area contributed by atoms with Crippen molar-refractivity contribution in [3.63, 3.8) is 0 Å². The number of benzene rings is 1. The number of hydrogen-bond donors (Lipinski definition) is 1. The van der Waals surface area contributed by atoms with E-state index in [1.165, 1.54) is 0 Å². The van der Waals surface area contributed by atoms with Gasteiger partial charge < -0.3 is 5.32 Å². The third-order valence-corrected chi connectivity index (χ3v) is 4.36. The summed E-state index contributed by atoms with van der Waals surface area (Å²) >= 11 is 11.1. The van der Waals surface area contributed by atoms with E-state index in [-0.39, 0.29) is 12.1 Å². The minimum atomic E-state index is -0.120. The van der Waals surface area contributed by atoms with Crippen molar-refractivity contribution in [2.45, 2.75) is 25.3 Å². The minimum absolute atomic E-state index is 0.120. The van der Waals surface area contributed by atoms with Crippen molar-refractivity contribution in [1.82, 2.24) is 5.32 Å². The van der Waals surface area contributed by atoms with Gasteiger partial charge in [-0.2, -0.15) is 0 Å². The predicted octanol–water partition coefficient (Wildman–Crippen LogP) is 3.37. The van der Waals surface area contributed by atoms with Gasteiger partial charge >= 0.3 is 6.03 Å². The highest BCUT2D eigenvalue weighted by molar-refractivity contribution is 7.80. The van der Waals surface area contributed by atoms with Gasteiger partial charge in [0, 0.05) is 22.7 Å². The number of urea groups is 1. The maximum absolute atomic E-state index is 12.1. The molecule has 1 aliphatic heterocycles. The molecule has 1 N–H and O–H groups in total. The Morgan fingerprint density at radius 1 is 1.28 bits per heavy atom. The average Bonchev–Trinajstić information content (AvgIpc) is 2.81. The normalized spacial score (nSPS) is 27.1. The topological polar surface area (TPSA) is 32.3 Å². The molecule has 1 aromatic rings. The number of carbonyl (C=O) groups is 1. The van der Waals surface area contributed by atoms with E-state index < -0.39 is 0 Å². The zero-order chi connectivity index (χ0) is 12.7. The van der Waals surface area contributed by atoms with E-state index in [0.717, 1.165) is 24.9 Å². The largest absolute Gasteiger partial charge is 0.326 e. The van der Waals surface area contributed by atoms with Crippen LogP contribution in [0, 0.1) is 5.92 Å². The third-order valence-electron chi connectivity index (χ3n) is 3.70. The van der Waals surface area contributed by atoms with Crippen molar-refractivity contribution >= 4 is 40.5 Å². The maximum Gasteiger partial charge on any atom is 0.326 e. The molecular formula is C13H13ClN2OS. The molecule has 5 heteroatoms. The van der Waals surface area contributed by atoms with Crippen LogP contribution in [0.5, 0.6) is 0 Å². The van der Waals surface area contributed by atoms with Gasteiger partial charge in [-0.15, -0.1) is 0 Å². The Hall–Kier alpha value is -1.13. The Morgan fingerprint density at radius 3 is 2.72 bits per heavy atom. The molecule has 0 aromatic heterocycles. The van der Waals surface area contributed by atoms with E-state index in [1.54, 1.807) is 12.1 Å². The highest BCUT2D eigenvalue weighted by Gasteiger charge is 2.42. The van der Waals surface area contributed by atoms with Gasteiger partial charge in [0.1, 0.15) is 0 Å². The second-order valence-electron chi connectivity index (χ2n) is 4.75. The van der Waals surface area contributed by atoms with Gasteiger partial charge in [-0.3, -0.25) is 4.90 Å². The van der Waals surface area contributed by atoms with Crippen LogP contribution in [0.2, 0.25) is 5.02 Å². The van der Waals surface area contributed by atoms with Crippen LogP contribution in [0.4, 0.5) is 10.5 Å². The van der Waals surface area contributed by atoms with E-state index in [4.69, 9.17) is 23.8 Å². The SMILES string of the molecule is O=C1NC(=S)C2CCCC2N1c1ccc(Cl)cc1. The van der Waals surface area contributed by atoms with Crippen LogP contribution in [0.15, 0.2) is 24.3 Å². The van der Waals surface area contributed by atoms with Crippen LogP contribution in [0.25, 0.3) is 0 Å². The second kappa shape index (κ2) is 4.52. The summed E-state index contributed by atoms with van der Waals surface area (Å²) in [6.07, 6.45) is 3.20. The molecule has 2 amide bonds. The lowest BCUT2D eigenvalue weighted by atomic mass is 9.99. The quantitative estimate of drug-likeness (QED) is 0.800. The molecule has 0 spiro atoms. The number of carbonyl (C=O) groups excluding carboxylic acids is 1. The summed E-state index contributed by atoms with van der Waals surface area (Å²) in [4.78, 5) is 14.7. The van der Waals surface area contributed by atoms with Gasteiger partial charge in [0.15, 0.2) is 0 Å². The van der Waals surface area contributed by atoms with E-state index in [1.807, 2.05) is 17.0 Å². The Kier molecular flexibility index (Phi) is 2.99. The Bertz CT molecular complexity index is 502. The molecule has 1 saturated carbocycles. The number of amides is 2. The molecule has 3 rings (SSSR count). The zero-order valence-electron chi connectivity index (χ0n) is 9.73. The van der Waals surface area contributed by atoms with E-state index in [2.05, 4.69) is 5.32 Å². The lowest BCUT2D eigenvalue weighted by Gasteiger charge is -2.38. The molecule has 94 valence electrons. The first kappa shape index (κ1) is 11.9.